The number of hydrogen-bond acceptors (Lipinski definition) is 6. The van der Waals surface area contributed by atoms with Crippen molar-refractivity contribution in [1.29, 1.82) is 0 Å². The van der Waals surface area contributed by atoms with Crippen molar-refractivity contribution in [3.63, 3.8) is 0 Å². The lowest BCUT2D eigenvalue weighted by atomic mass is 9.44. The summed E-state index contributed by atoms with van der Waals surface area (Å²) in [4.78, 5) is 32.3. The Bertz CT molecular complexity index is 1340. The molecule has 0 radical (unpaired) electrons. The molecule has 1 saturated heterocycles. The van der Waals surface area contributed by atoms with Crippen LogP contribution in [0.5, 0.6) is 0 Å². The predicted molar refractivity (Wildman–Crippen MR) is 149 cm³/mol. The molecule has 222 valence electrons. The summed E-state index contributed by atoms with van der Waals surface area (Å²) in [6.07, 6.45) is 0.929. The summed E-state index contributed by atoms with van der Waals surface area (Å²) in [7, 11) is 0. The van der Waals surface area contributed by atoms with Gasteiger partial charge in [0, 0.05) is 35.8 Å². The topological polar surface area (TPSA) is 87.1 Å². The fourth-order valence-corrected chi connectivity index (χ4v) is 9.35. The molecule has 1 aromatic rings. The number of alkyl halides is 2. The minimum absolute atomic E-state index is 0.0165. The average Bonchev–Trinajstić information content (AvgIpc) is 3.38. The van der Waals surface area contributed by atoms with E-state index in [0.717, 1.165) is 5.56 Å². The van der Waals surface area contributed by atoms with Gasteiger partial charge in [-0.15, -0.1) is 0 Å². The molecule has 1 aromatic carbocycles. The number of fused-ring (bicyclic) bond motifs is 7. The molecule has 1 aliphatic heterocycles. The molecule has 6 rings (SSSR count). The summed E-state index contributed by atoms with van der Waals surface area (Å²) in [6.45, 7) is 9.95. The second-order valence-corrected chi connectivity index (χ2v) is 14.5. The standard InChI is InChI=1S/C33H41F2NO5/c1-29(2,3)20-8-6-19(7-9-20)16-36-17-21-12-23-24-14-26(34)25-13-22(38)10-11-30(25,4)32(24,35)27(39)15-31(23,5)33(21,41-36)28(40)18-37/h6-11,13,21,23-24,26-27,37,39H,12,14-18H2,1-5H3/t21?,23-,24-,26-,27-,30-,31-,32-,33-/m0/s1. The van der Waals surface area contributed by atoms with Gasteiger partial charge in [0.05, 0.1) is 6.10 Å². The number of hydrogen-bond donors (Lipinski definition) is 2. The van der Waals surface area contributed by atoms with Crippen LogP contribution in [0, 0.1) is 28.6 Å². The average molecular weight is 570 g/mol. The van der Waals surface area contributed by atoms with Crippen LogP contribution in [0.4, 0.5) is 8.78 Å². The van der Waals surface area contributed by atoms with E-state index in [1.807, 2.05) is 19.1 Å². The first-order valence-electron chi connectivity index (χ1n) is 14.8. The van der Waals surface area contributed by atoms with Crippen LogP contribution in [-0.4, -0.2) is 63.5 Å². The first-order valence-corrected chi connectivity index (χ1v) is 14.8. The zero-order valence-corrected chi connectivity index (χ0v) is 24.5. The highest BCUT2D eigenvalue weighted by Crippen LogP contribution is 2.72. The highest BCUT2D eigenvalue weighted by molar-refractivity contribution is 6.01. The van der Waals surface area contributed by atoms with Crippen molar-refractivity contribution in [2.24, 2.45) is 28.6 Å². The molecule has 0 bridgehead atoms. The van der Waals surface area contributed by atoms with Crippen molar-refractivity contribution >= 4 is 11.6 Å². The molecule has 1 heterocycles. The Balaban J connectivity index is 1.35. The normalized spacial score (nSPS) is 43.7. The van der Waals surface area contributed by atoms with Gasteiger partial charge in [0.25, 0.3) is 0 Å². The number of aliphatic hydroxyl groups excluding tert-OH is 2. The number of carbonyl (C=O) groups is 2. The van der Waals surface area contributed by atoms with Gasteiger partial charge >= 0.3 is 0 Å². The van der Waals surface area contributed by atoms with E-state index >= 15 is 8.78 Å². The Morgan fingerprint density at radius 2 is 1.83 bits per heavy atom. The first-order chi connectivity index (χ1) is 19.1. The Morgan fingerprint density at radius 1 is 1.15 bits per heavy atom. The SMILES string of the molecule is CC(C)(C)c1ccc(CN2CC3C[C@H]4[C@@H]5C[C@H](F)C6=CC(=O)C=C[C@]6(C)[C@@]5(F)[C@@H](O)C[C@]4(C)[C@]3(C(=O)CO)O2)cc1. The Labute approximate surface area is 240 Å². The lowest BCUT2D eigenvalue weighted by Gasteiger charge is -2.63. The minimum atomic E-state index is -2.22. The van der Waals surface area contributed by atoms with Gasteiger partial charge in [-0.2, -0.15) is 5.06 Å². The lowest BCUT2D eigenvalue weighted by Crippen LogP contribution is -2.70. The van der Waals surface area contributed by atoms with Crippen molar-refractivity contribution in [2.75, 3.05) is 13.2 Å². The molecule has 3 saturated carbocycles. The molecule has 2 N–H and O–H groups in total. The summed E-state index contributed by atoms with van der Waals surface area (Å²) in [5, 5.41) is 23.5. The molecule has 41 heavy (non-hydrogen) atoms. The third kappa shape index (κ3) is 3.73. The second kappa shape index (κ2) is 9.12. The number of halogens is 2. The molecule has 0 aromatic heterocycles. The van der Waals surface area contributed by atoms with E-state index in [-0.39, 0.29) is 35.5 Å². The summed E-state index contributed by atoms with van der Waals surface area (Å²) in [5.74, 6) is -2.60. The number of Topliss-reactive ketones (excluding diaryl/α,β-unsaturated/α-hetero) is 1. The van der Waals surface area contributed by atoms with Gasteiger partial charge < -0.3 is 10.2 Å². The number of benzene rings is 1. The van der Waals surface area contributed by atoms with E-state index in [2.05, 4.69) is 32.9 Å². The van der Waals surface area contributed by atoms with Crippen LogP contribution in [0.1, 0.15) is 65.0 Å². The largest absolute Gasteiger partial charge is 0.390 e. The minimum Gasteiger partial charge on any atom is -0.390 e. The lowest BCUT2D eigenvalue weighted by molar-refractivity contribution is -0.269. The zero-order chi connectivity index (χ0) is 29.8. The Kier molecular flexibility index (Phi) is 6.41. The molecule has 0 spiro atoms. The van der Waals surface area contributed by atoms with Gasteiger partial charge in [-0.05, 0) is 66.4 Å². The molecule has 1 unspecified atom stereocenters. The van der Waals surface area contributed by atoms with Crippen LogP contribution in [0.15, 0.2) is 48.1 Å². The van der Waals surface area contributed by atoms with Gasteiger partial charge in [-0.25, -0.2) is 8.78 Å². The van der Waals surface area contributed by atoms with Crippen molar-refractivity contribution in [1.82, 2.24) is 5.06 Å². The van der Waals surface area contributed by atoms with Crippen LogP contribution < -0.4 is 0 Å². The maximum absolute atomic E-state index is 17.5. The van der Waals surface area contributed by atoms with E-state index < -0.39 is 58.6 Å². The fourth-order valence-electron chi connectivity index (χ4n) is 9.35. The number of nitrogens with zero attached hydrogens (tertiary/aromatic N) is 1. The number of hydroxylamine groups is 2. The molecule has 9 atom stereocenters. The molecule has 5 aliphatic rings. The van der Waals surface area contributed by atoms with E-state index in [1.54, 1.807) is 12.0 Å². The smallest absolute Gasteiger partial charge is 0.192 e. The van der Waals surface area contributed by atoms with Gasteiger partial charge in [0.1, 0.15) is 12.8 Å². The number of rotatable bonds is 4. The van der Waals surface area contributed by atoms with Crippen LogP contribution in [0.3, 0.4) is 0 Å². The third-order valence-electron chi connectivity index (χ3n) is 11.4. The third-order valence-corrected chi connectivity index (χ3v) is 11.4. The maximum Gasteiger partial charge on any atom is 0.192 e. The summed E-state index contributed by atoms with van der Waals surface area (Å²) >= 11 is 0. The molecule has 6 nitrogen and oxygen atoms in total. The van der Waals surface area contributed by atoms with Crippen molar-refractivity contribution in [3.8, 4) is 0 Å². The summed E-state index contributed by atoms with van der Waals surface area (Å²) in [5.41, 5.74) is -3.89. The van der Waals surface area contributed by atoms with Gasteiger partial charge in [0.2, 0.25) is 0 Å². The van der Waals surface area contributed by atoms with E-state index in [4.69, 9.17) is 4.84 Å². The van der Waals surface area contributed by atoms with Gasteiger partial charge in [-0.3, -0.25) is 14.4 Å². The van der Waals surface area contributed by atoms with Crippen LogP contribution in [-0.2, 0) is 26.4 Å². The highest BCUT2D eigenvalue weighted by Gasteiger charge is 2.79. The number of aliphatic hydroxyl groups is 2. The fraction of sp³-hybridized carbons (Fsp3) is 0.636. The van der Waals surface area contributed by atoms with Crippen molar-refractivity contribution < 1.29 is 33.4 Å². The first kappa shape index (κ1) is 28.8. The quantitative estimate of drug-likeness (QED) is 0.552. The monoisotopic (exact) mass is 569 g/mol. The van der Waals surface area contributed by atoms with Crippen LogP contribution in [0.25, 0.3) is 0 Å². The van der Waals surface area contributed by atoms with Gasteiger partial charge in [-0.1, -0.05) is 58.0 Å². The molecule has 8 heteroatoms. The summed E-state index contributed by atoms with van der Waals surface area (Å²) < 4.78 is 33.3. The Hall–Kier alpha value is -2.26. The van der Waals surface area contributed by atoms with E-state index in [9.17, 15) is 19.8 Å². The van der Waals surface area contributed by atoms with Crippen molar-refractivity contribution in [3.05, 3.63) is 59.2 Å². The van der Waals surface area contributed by atoms with E-state index in [0.29, 0.717) is 19.5 Å². The summed E-state index contributed by atoms with van der Waals surface area (Å²) in [6, 6.07) is 8.26. The second-order valence-electron chi connectivity index (χ2n) is 14.5. The number of allylic oxidation sites excluding steroid dienone is 4. The highest BCUT2D eigenvalue weighted by atomic mass is 19.1. The zero-order valence-electron chi connectivity index (χ0n) is 24.5. The number of carbonyl (C=O) groups excluding carboxylic acids is 2. The molecular formula is C33H41F2NO5. The molecule has 4 aliphatic carbocycles. The molecule has 4 fully saturated rings. The Morgan fingerprint density at radius 3 is 2.46 bits per heavy atom. The van der Waals surface area contributed by atoms with Crippen molar-refractivity contribution in [2.45, 2.75) is 89.4 Å². The van der Waals surface area contributed by atoms with Crippen LogP contribution >= 0.6 is 0 Å². The molecule has 0 amide bonds. The maximum atomic E-state index is 17.5. The van der Waals surface area contributed by atoms with E-state index in [1.165, 1.54) is 23.8 Å². The molecular weight excluding hydrogens is 528 g/mol. The van der Waals surface area contributed by atoms with Crippen LogP contribution in [0.2, 0.25) is 0 Å². The number of ketones is 2. The van der Waals surface area contributed by atoms with Gasteiger partial charge in [0.15, 0.2) is 22.8 Å². The predicted octanol–water partition coefficient (Wildman–Crippen LogP) is 4.58.